The molecule has 2 bridgehead atoms. The third-order valence-electron chi connectivity index (χ3n) is 3.97. The molecule has 1 aliphatic heterocycles. The highest BCUT2D eigenvalue weighted by Crippen LogP contribution is 2.36. The van der Waals surface area contributed by atoms with E-state index in [4.69, 9.17) is 21.1 Å². The summed E-state index contributed by atoms with van der Waals surface area (Å²) in [5.74, 6) is 1.61. The quantitative estimate of drug-likeness (QED) is 0.774. The van der Waals surface area contributed by atoms with Crippen LogP contribution in [0.3, 0.4) is 0 Å². The molecule has 1 aromatic rings. The van der Waals surface area contributed by atoms with Gasteiger partial charge in [-0.15, -0.1) is 0 Å². The Morgan fingerprint density at radius 1 is 1.28 bits per heavy atom. The Balaban J connectivity index is 1.81. The number of fused-ring (bicyclic) bond motifs is 2. The summed E-state index contributed by atoms with van der Waals surface area (Å²) in [7, 11) is 0. The zero-order valence-corrected chi connectivity index (χ0v) is 11.2. The lowest BCUT2D eigenvalue weighted by molar-refractivity contribution is -0.0920. The first-order chi connectivity index (χ1) is 8.75. The van der Waals surface area contributed by atoms with Crippen LogP contribution in [-0.2, 0) is 4.74 Å². The summed E-state index contributed by atoms with van der Waals surface area (Å²) in [6.45, 7) is 3.50. The highest BCUT2D eigenvalue weighted by atomic mass is 35.5. The molecule has 3 rings (SSSR count). The van der Waals surface area contributed by atoms with Crippen LogP contribution in [0.15, 0.2) is 6.33 Å². The lowest BCUT2D eigenvalue weighted by Gasteiger charge is -2.41. The van der Waals surface area contributed by atoms with Crippen molar-refractivity contribution in [1.29, 1.82) is 0 Å². The minimum atomic E-state index is 0.220. The van der Waals surface area contributed by atoms with Crippen LogP contribution in [0.1, 0.15) is 24.8 Å². The van der Waals surface area contributed by atoms with E-state index in [1.807, 2.05) is 6.92 Å². The van der Waals surface area contributed by atoms with Gasteiger partial charge in [0.2, 0.25) is 5.88 Å². The fraction of sp³-hybridized carbons (Fsp3) is 0.692. The van der Waals surface area contributed by atoms with Gasteiger partial charge in [-0.25, -0.2) is 9.97 Å². The molecule has 1 aromatic heterocycles. The van der Waals surface area contributed by atoms with Gasteiger partial charge in [0.05, 0.1) is 13.2 Å². The standard InChI is InChI=1S/C13H17ClN2O2/c1-8-12(14)15-7-16-13(8)18-11-9-3-2-4-10(11)6-17-5-9/h7,9-11H,2-6H2,1H3. The zero-order valence-electron chi connectivity index (χ0n) is 10.4. The molecule has 0 N–H and O–H groups in total. The summed E-state index contributed by atoms with van der Waals surface area (Å²) in [5.41, 5.74) is 0.823. The summed E-state index contributed by atoms with van der Waals surface area (Å²) in [6.07, 6.45) is 5.32. The average Bonchev–Trinajstić information content (AvgIpc) is 2.35. The van der Waals surface area contributed by atoms with Crippen molar-refractivity contribution in [3.8, 4) is 5.88 Å². The number of ether oxygens (including phenoxy) is 2. The molecule has 2 unspecified atom stereocenters. The smallest absolute Gasteiger partial charge is 0.221 e. The number of halogens is 1. The molecular formula is C13H17ClN2O2. The monoisotopic (exact) mass is 268 g/mol. The van der Waals surface area contributed by atoms with Crippen LogP contribution in [0.2, 0.25) is 5.15 Å². The molecule has 2 atom stereocenters. The Hall–Kier alpha value is -0.870. The maximum absolute atomic E-state index is 6.12. The van der Waals surface area contributed by atoms with Crippen molar-refractivity contribution in [3.05, 3.63) is 17.0 Å². The first-order valence-corrected chi connectivity index (χ1v) is 6.85. The Morgan fingerprint density at radius 3 is 2.72 bits per heavy atom. The first kappa shape index (κ1) is 12.2. The molecule has 2 aliphatic rings. The average molecular weight is 269 g/mol. The van der Waals surface area contributed by atoms with Gasteiger partial charge < -0.3 is 9.47 Å². The van der Waals surface area contributed by atoms with E-state index in [2.05, 4.69) is 9.97 Å². The molecule has 4 nitrogen and oxygen atoms in total. The van der Waals surface area contributed by atoms with Gasteiger partial charge in [-0.2, -0.15) is 0 Å². The summed E-state index contributed by atoms with van der Waals surface area (Å²) in [4.78, 5) is 8.16. The molecule has 0 spiro atoms. The molecule has 0 aromatic carbocycles. The van der Waals surface area contributed by atoms with Gasteiger partial charge >= 0.3 is 0 Å². The Kier molecular flexibility index (Phi) is 3.39. The topological polar surface area (TPSA) is 44.2 Å². The van der Waals surface area contributed by atoms with Gasteiger partial charge in [0.25, 0.3) is 0 Å². The predicted molar refractivity (Wildman–Crippen MR) is 67.8 cm³/mol. The third-order valence-corrected chi connectivity index (χ3v) is 4.35. The Bertz CT molecular complexity index is 419. The largest absolute Gasteiger partial charge is 0.473 e. The third kappa shape index (κ3) is 2.19. The number of hydrogen-bond donors (Lipinski definition) is 0. The molecule has 1 aliphatic carbocycles. The van der Waals surface area contributed by atoms with Gasteiger partial charge in [-0.05, 0) is 19.8 Å². The van der Waals surface area contributed by atoms with E-state index in [1.54, 1.807) is 0 Å². The second-order valence-electron chi connectivity index (χ2n) is 5.17. The summed E-state index contributed by atoms with van der Waals surface area (Å²) in [6, 6.07) is 0. The van der Waals surface area contributed by atoms with Gasteiger partial charge in [0, 0.05) is 17.4 Å². The minimum absolute atomic E-state index is 0.220. The van der Waals surface area contributed by atoms with Crippen LogP contribution in [-0.4, -0.2) is 29.3 Å². The maximum Gasteiger partial charge on any atom is 0.221 e. The van der Waals surface area contributed by atoms with Gasteiger partial charge in [0.15, 0.2) is 0 Å². The molecule has 5 heteroatoms. The number of aromatic nitrogens is 2. The van der Waals surface area contributed by atoms with E-state index in [0.717, 1.165) is 18.8 Å². The van der Waals surface area contributed by atoms with Crippen molar-refractivity contribution in [3.63, 3.8) is 0 Å². The van der Waals surface area contributed by atoms with Gasteiger partial charge in [-0.3, -0.25) is 0 Å². The van der Waals surface area contributed by atoms with E-state index in [0.29, 0.717) is 22.9 Å². The van der Waals surface area contributed by atoms with E-state index >= 15 is 0 Å². The van der Waals surface area contributed by atoms with Gasteiger partial charge in [-0.1, -0.05) is 18.0 Å². The minimum Gasteiger partial charge on any atom is -0.473 e. The molecule has 1 saturated heterocycles. The zero-order chi connectivity index (χ0) is 12.5. The van der Waals surface area contributed by atoms with Crippen molar-refractivity contribution < 1.29 is 9.47 Å². The molecule has 1 saturated carbocycles. The molecule has 98 valence electrons. The van der Waals surface area contributed by atoms with Crippen LogP contribution >= 0.6 is 11.6 Å². The molecule has 2 fully saturated rings. The number of hydrogen-bond acceptors (Lipinski definition) is 4. The lowest BCUT2D eigenvalue weighted by Crippen LogP contribution is -2.46. The van der Waals surface area contributed by atoms with Gasteiger partial charge in [0.1, 0.15) is 17.6 Å². The second kappa shape index (κ2) is 5.02. The van der Waals surface area contributed by atoms with Crippen molar-refractivity contribution in [2.75, 3.05) is 13.2 Å². The molecule has 0 amide bonds. The summed E-state index contributed by atoms with van der Waals surface area (Å²) < 4.78 is 11.7. The van der Waals surface area contributed by atoms with Crippen LogP contribution in [0.4, 0.5) is 0 Å². The van der Waals surface area contributed by atoms with E-state index in [-0.39, 0.29) is 6.10 Å². The van der Waals surface area contributed by atoms with Crippen LogP contribution in [0, 0.1) is 18.8 Å². The van der Waals surface area contributed by atoms with Crippen LogP contribution in [0.25, 0.3) is 0 Å². The summed E-state index contributed by atoms with van der Waals surface area (Å²) >= 11 is 6.00. The van der Waals surface area contributed by atoms with Crippen LogP contribution < -0.4 is 4.74 Å². The first-order valence-electron chi connectivity index (χ1n) is 6.47. The fourth-order valence-electron chi connectivity index (χ4n) is 2.94. The van der Waals surface area contributed by atoms with Crippen molar-refractivity contribution in [2.24, 2.45) is 11.8 Å². The van der Waals surface area contributed by atoms with E-state index in [1.165, 1.54) is 25.6 Å². The second-order valence-corrected chi connectivity index (χ2v) is 5.52. The van der Waals surface area contributed by atoms with Crippen LogP contribution in [0.5, 0.6) is 5.88 Å². The predicted octanol–water partition coefficient (Wildman–Crippen LogP) is 2.63. The SMILES string of the molecule is Cc1c(Cl)ncnc1OC1C2CCCC1COC2. The molecular weight excluding hydrogens is 252 g/mol. The number of nitrogens with zero attached hydrogens (tertiary/aromatic N) is 2. The Morgan fingerprint density at radius 2 is 2.00 bits per heavy atom. The fourth-order valence-corrected chi connectivity index (χ4v) is 3.06. The normalized spacial score (nSPS) is 31.1. The number of rotatable bonds is 2. The van der Waals surface area contributed by atoms with E-state index in [9.17, 15) is 0 Å². The highest BCUT2D eigenvalue weighted by molar-refractivity contribution is 6.30. The van der Waals surface area contributed by atoms with E-state index < -0.39 is 0 Å². The highest BCUT2D eigenvalue weighted by Gasteiger charge is 2.39. The van der Waals surface area contributed by atoms with Crippen molar-refractivity contribution >= 4 is 11.6 Å². The van der Waals surface area contributed by atoms with Crippen molar-refractivity contribution in [2.45, 2.75) is 32.3 Å². The summed E-state index contributed by atoms with van der Waals surface area (Å²) in [5, 5.41) is 0.470. The molecule has 18 heavy (non-hydrogen) atoms. The molecule has 2 heterocycles. The Labute approximate surface area is 112 Å². The maximum atomic E-state index is 6.12. The molecule has 0 radical (unpaired) electrons. The lowest BCUT2D eigenvalue weighted by atomic mass is 9.77. The van der Waals surface area contributed by atoms with Crippen molar-refractivity contribution in [1.82, 2.24) is 9.97 Å².